The van der Waals surface area contributed by atoms with E-state index < -0.39 is 0 Å². The van der Waals surface area contributed by atoms with Gasteiger partial charge >= 0.3 is 0 Å². The lowest BCUT2D eigenvalue weighted by molar-refractivity contribution is 0.104. The summed E-state index contributed by atoms with van der Waals surface area (Å²) >= 11 is 19.9. The average Bonchev–Trinajstić information content (AvgIpc) is 2.62. The molecule has 0 amide bonds. The first-order valence-corrected chi connectivity index (χ1v) is 7.60. The minimum absolute atomic E-state index is 0.131. The van der Waals surface area contributed by atoms with Crippen molar-refractivity contribution in [2.24, 2.45) is 0 Å². The number of rotatable bonds is 2. The molecule has 0 aliphatic rings. The lowest BCUT2D eigenvalue weighted by Gasteiger charge is -2.02. The zero-order valence-electron chi connectivity index (χ0n) is 8.14. The molecule has 0 spiro atoms. The van der Waals surface area contributed by atoms with Crippen LogP contribution in [0.5, 0.6) is 0 Å². The molecule has 0 bridgehead atoms. The van der Waals surface area contributed by atoms with Gasteiger partial charge in [-0.25, -0.2) is 0 Å². The van der Waals surface area contributed by atoms with Gasteiger partial charge in [-0.3, -0.25) is 4.79 Å². The summed E-state index contributed by atoms with van der Waals surface area (Å²) in [6.07, 6.45) is 0. The van der Waals surface area contributed by atoms with Crippen LogP contribution in [0.3, 0.4) is 0 Å². The van der Waals surface area contributed by atoms with Crippen molar-refractivity contribution in [1.29, 1.82) is 0 Å². The number of hydrogen-bond donors (Lipinski definition) is 0. The van der Waals surface area contributed by atoms with E-state index in [1.165, 1.54) is 11.3 Å². The number of benzene rings is 1. The zero-order chi connectivity index (χ0) is 12.6. The number of hydrogen-bond acceptors (Lipinski definition) is 2. The van der Waals surface area contributed by atoms with Gasteiger partial charge in [-0.1, -0.05) is 29.3 Å². The van der Waals surface area contributed by atoms with Crippen molar-refractivity contribution in [2.45, 2.75) is 0 Å². The van der Waals surface area contributed by atoms with E-state index in [4.69, 9.17) is 23.2 Å². The van der Waals surface area contributed by atoms with Gasteiger partial charge in [-0.05, 0) is 50.1 Å². The Hall–Kier alpha value is 0.130. The summed E-state index contributed by atoms with van der Waals surface area (Å²) in [5.41, 5.74) is 0.417. The third-order valence-corrected chi connectivity index (χ3v) is 6.14. The van der Waals surface area contributed by atoms with Crippen molar-refractivity contribution in [3.05, 3.63) is 53.0 Å². The molecular formula is C11H4Br2Cl2OS. The van der Waals surface area contributed by atoms with Crippen molar-refractivity contribution < 1.29 is 4.79 Å². The first-order chi connectivity index (χ1) is 8.00. The van der Waals surface area contributed by atoms with Gasteiger partial charge < -0.3 is 0 Å². The molecule has 0 saturated heterocycles. The van der Waals surface area contributed by atoms with Crippen molar-refractivity contribution >= 4 is 72.2 Å². The van der Waals surface area contributed by atoms with Crippen molar-refractivity contribution in [3.8, 4) is 0 Å². The Labute approximate surface area is 129 Å². The fourth-order valence-electron chi connectivity index (χ4n) is 1.27. The Morgan fingerprint density at radius 1 is 1.24 bits per heavy atom. The molecule has 1 aromatic heterocycles. The van der Waals surface area contributed by atoms with Crippen LogP contribution in [0.1, 0.15) is 15.2 Å². The summed E-state index contributed by atoms with van der Waals surface area (Å²) in [4.78, 5) is 12.8. The van der Waals surface area contributed by atoms with Gasteiger partial charge in [0.1, 0.15) is 0 Å². The molecule has 0 unspecified atom stereocenters. The maximum Gasteiger partial charge on any atom is 0.204 e. The number of ketones is 1. The van der Waals surface area contributed by atoms with E-state index in [-0.39, 0.29) is 5.78 Å². The highest BCUT2D eigenvalue weighted by Gasteiger charge is 2.17. The molecule has 0 N–H and O–H groups in total. The molecule has 1 heterocycles. The smallest absolute Gasteiger partial charge is 0.204 e. The first-order valence-electron chi connectivity index (χ1n) is 4.44. The molecule has 0 aliphatic heterocycles. The second-order valence-electron chi connectivity index (χ2n) is 3.16. The van der Waals surface area contributed by atoms with Crippen LogP contribution in [-0.4, -0.2) is 5.78 Å². The Morgan fingerprint density at radius 3 is 2.53 bits per heavy atom. The molecule has 0 saturated carbocycles. The first kappa shape index (κ1) is 13.6. The molecule has 1 aromatic carbocycles. The van der Waals surface area contributed by atoms with Crippen molar-refractivity contribution in [1.82, 2.24) is 0 Å². The number of thiophene rings is 1. The molecule has 0 fully saturated rings. The van der Waals surface area contributed by atoms with Crippen molar-refractivity contribution in [3.63, 3.8) is 0 Å². The normalized spacial score (nSPS) is 10.6. The monoisotopic (exact) mass is 412 g/mol. The van der Waals surface area contributed by atoms with E-state index in [1.807, 2.05) is 0 Å². The second-order valence-corrected chi connectivity index (χ2v) is 7.17. The molecule has 1 nitrogen and oxygen atoms in total. The molecule has 6 heteroatoms. The fourth-order valence-corrected chi connectivity index (χ4v) is 3.65. The molecule has 0 aliphatic carbocycles. The van der Waals surface area contributed by atoms with Crippen LogP contribution in [0.25, 0.3) is 0 Å². The minimum atomic E-state index is -0.131. The molecule has 88 valence electrons. The minimum Gasteiger partial charge on any atom is -0.288 e. The fraction of sp³-hybridized carbons (Fsp3) is 0. The van der Waals surface area contributed by atoms with E-state index >= 15 is 0 Å². The summed E-state index contributed by atoms with van der Waals surface area (Å²) in [6, 6.07) is 6.78. The predicted octanol–water partition coefficient (Wildman–Crippen LogP) is 5.81. The predicted molar refractivity (Wildman–Crippen MR) is 79.6 cm³/mol. The summed E-state index contributed by atoms with van der Waals surface area (Å²) in [6.45, 7) is 0. The van der Waals surface area contributed by atoms with Gasteiger partial charge in [0.05, 0.1) is 18.7 Å². The largest absolute Gasteiger partial charge is 0.288 e. The van der Waals surface area contributed by atoms with Crippen LogP contribution < -0.4 is 0 Å². The molecule has 2 rings (SSSR count). The number of carbonyl (C=O) groups is 1. The SMILES string of the molecule is O=C(c1cc(Br)c(Br)s1)c1cccc(Cl)c1Cl. The highest BCUT2D eigenvalue weighted by atomic mass is 79.9. The summed E-state index contributed by atoms with van der Waals surface area (Å²) in [5, 5.41) is 0.673. The lowest BCUT2D eigenvalue weighted by Crippen LogP contribution is -1.99. The van der Waals surface area contributed by atoms with Gasteiger partial charge in [0.2, 0.25) is 5.78 Å². The summed E-state index contributed by atoms with van der Waals surface area (Å²) < 4.78 is 1.73. The van der Waals surface area contributed by atoms with Crippen molar-refractivity contribution in [2.75, 3.05) is 0 Å². The topological polar surface area (TPSA) is 17.1 Å². The Bertz CT molecular complexity index is 576. The van der Waals surface area contributed by atoms with Gasteiger partial charge in [-0.2, -0.15) is 0 Å². The quantitative estimate of drug-likeness (QED) is 0.566. The van der Waals surface area contributed by atoms with Crippen LogP contribution in [-0.2, 0) is 0 Å². The third kappa shape index (κ3) is 2.76. The maximum atomic E-state index is 12.2. The van der Waals surface area contributed by atoms with Gasteiger partial charge in [0.15, 0.2) is 0 Å². The Kier molecular flexibility index (Phi) is 4.31. The van der Waals surface area contributed by atoms with E-state index in [2.05, 4.69) is 31.9 Å². The third-order valence-electron chi connectivity index (χ3n) is 2.07. The number of carbonyl (C=O) groups excluding carboxylic acids is 1. The highest BCUT2D eigenvalue weighted by molar-refractivity contribution is 9.13. The van der Waals surface area contributed by atoms with E-state index in [0.717, 1.165) is 8.26 Å². The van der Waals surface area contributed by atoms with Gasteiger partial charge in [0.25, 0.3) is 0 Å². The standard InChI is InChI=1S/C11H4Br2Cl2OS/c12-6-4-8(17-11(6)13)10(16)5-2-1-3-7(14)9(5)15/h1-4H. The molecular weight excluding hydrogens is 411 g/mol. The van der Waals surface area contributed by atoms with E-state index in [1.54, 1.807) is 24.3 Å². The second kappa shape index (κ2) is 5.41. The highest BCUT2D eigenvalue weighted by Crippen LogP contribution is 2.35. The Balaban J connectivity index is 2.47. The molecule has 0 atom stereocenters. The van der Waals surface area contributed by atoms with Crippen LogP contribution in [0, 0.1) is 0 Å². The average molecular weight is 415 g/mol. The number of halogens is 4. The Morgan fingerprint density at radius 2 is 1.94 bits per heavy atom. The van der Waals surface area contributed by atoms with Gasteiger partial charge in [0, 0.05) is 10.0 Å². The maximum absolute atomic E-state index is 12.2. The van der Waals surface area contributed by atoms with Gasteiger partial charge in [-0.15, -0.1) is 11.3 Å². The molecule has 17 heavy (non-hydrogen) atoms. The summed E-state index contributed by atoms with van der Waals surface area (Å²) in [5.74, 6) is -0.131. The molecule has 2 aromatic rings. The summed E-state index contributed by atoms with van der Waals surface area (Å²) in [7, 11) is 0. The lowest BCUT2D eigenvalue weighted by atomic mass is 10.1. The van der Waals surface area contributed by atoms with Crippen LogP contribution in [0.2, 0.25) is 10.0 Å². The van der Waals surface area contributed by atoms with E-state index in [9.17, 15) is 4.79 Å². The zero-order valence-corrected chi connectivity index (χ0v) is 13.6. The van der Waals surface area contributed by atoms with Crippen LogP contribution in [0.15, 0.2) is 32.5 Å². The van der Waals surface area contributed by atoms with E-state index in [0.29, 0.717) is 20.5 Å². The van der Waals surface area contributed by atoms with Crippen LogP contribution in [0.4, 0.5) is 0 Å². The van der Waals surface area contributed by atoms with Crippen LogP contribution >= 0.6 is 66.4 Å². The molecule has 0 radical (unpaired) electrons.